The number of alkyl halides is 2. The number of hydrogen-bond donors (Lipinski definition) is 0. The van der Waals surface area contributed by atoms with E-state index < -0.39 is 46.5 Å². The average molecular weight is 565 g/mol. The number of benzene rings is 3. The third kappa shape index (κ3) is 6.29. The highest BCUT2D eigenvalue weighted by atomic mass is 32.1. The Morgan fingerprint density at radius 2 is 1.51 bits per heavy atom. The first kappa shape index (κ1) is 27.9. The molecule has 0 bridgehead atoms. The maximum atomic E-state index is 14.5. The largest absolute Gasteiger partial charge is 0.432 e. The van der Waals surface area contributed by atoms with E-state index in [1.165, 1.54) is 24.3 Å². The van der Waals surface area contributed by atoms with Gasteiger partial charge in [0.05, 0.1) is 16.0 Å². The Hall–Kier alpha value is -4.17. The molecular weight excluding hydrogens is 550 g/mol. The smallest absolute Gasteiger partial charge is 0.429 e. The van der Waals surface area contributed by atoms with Gasteiger partial charge >= 0.3 is 6.11 Å². The monoisotopic (exact) mass is 565 g/mol. The van der Waals surface area contributed by atoms with Crippen LogP contribution in [0.25, 0.3) is 15.8 Å². The summed E-state index contributed by atoms with van der Waals surface area (Å²) in [7, 11) is 0. The lowest BCUT2D eigenvalue weighted by atomic mass is 10.1. The number of ether oxygens (including phenoxy) is 1. The van der Waals surface area contributed by atoms with Gasteiger partial charge in [0, 0.05) is 17.7 Å². The van der Waals surface area contributed by atoms with Crippen molar-refractivity contribution in [3.8, 4) is 17.6 Å². The van der Waals surface area contributed by atoms with Crippen LogP contribution in [0.3, 0.4) is 0 Å². The molecule has 0 atom stereocenters. The molecule has 4 aromatic rings. The van der Waals surface area contributed by atoms with Gasteiger partial charge in [-0.1, -0.05) is 18.1 Å². The molecule has 0 aliphatic rings. The minimum Gasteiger partial charge on any atom is -0.429 e. The zero-order valence-corrected chi connectivity index (χ0v) is 20.8. The molecule has 0 aliphatic carbocycles. The van der Waals surface area contributed by atoms with Crippen molar-refractivity contribution in [3.63, 3.8) is 0 Å². The van der Waals surface area contributed by atoms with Gasteiger partial charge in [0.25, 0.3) is 0 Å². The molecule has 200 valence electrons. The SMILES string of the molecule is C/C(F)=C/C=C(\C)c1ccc2nc(C#Cc3cc(F)c(C(F)(F)Oc4cc(F)c(F)c(F)c4)c(F)c3)sc2c1. The Bertz CT molecular complexity index is 1660. The molecule has 1 heterocycles. The summed E-state index contributed by atoms with van der Waals surface area (Å²) >= 11 is 1.18. The number of hydrogen-bond acceptors (Lipinski definition) is 3. The summed E-state index contributed by atoms with van der Waals surface area (Å²) in [5.41, 5.74) is 0.0901. The number of thiazole rings is 1. The fourth-order valence-electron chi connectivity index (χ4n) is 3.40. The summed E-state index contributed by atoms with van der Waals surface area (Å²) in [4.78, 5) is 4.31. The Kier molecular flexibility index (Phi) is 7.79. The summed E-state index contributed by atoms with van der Waals surface area (Å²) in [6.07, 6.45) is -1.75. The van der Waals surface area contributed by atoms with E-state index in [0.717, 1.165) is 15.8 Å². The quantitative estimate of drug-likeness (QED) is 0.104. The molecule has 0 saturated carbocycles. The molecule has 0 aliphatic heterocycles. The van der Waals surface area contributed by atoms with E-state index in [1.807, 2.05) is 6.07 Å². The lowest BCUT2D eigenvalue weighted by Crippen LogP contribution is -2.25. The van der Waals surface area contributed by atoms with Crippen LogP contribution in [0.15, 0.2) is 60.4 Å². The number of aromatic nitrogens is 1. The van der Waals surface area contributed by atoms with Crippen molar-refractivity contribution in [3.05, 3.63) is 111 Å². The number of fused-ring (bicyclic) bond motifs is 1. The van der Waals surface area contributed by atoms with Crippen LogP contribution in [-0.2, 0) is 6.11 Å². The van der Waals surface area contributed by atoms with Gasteiger partial charge in [-0.25, -0.2) is 31.3 Å². The second kappa shape index (κ2) is 10.9. The van der Waals surface area contributed by atoms with Gasteiger partial charge in [-0.05, 0) is 61.2 Å². The molecule has 2 nitrogen and oxygen atoms in total. The normalized spacial score (nSPS) is 12.5. The van der Waals surface area contributed by atoms with Crippen LogP contribution in [0.2, 0.25) is 0 Å². The fourth-order valence-corrected chi connectivity index (χ4v) is 4.26. The summed E-state index contributed by atoms with van der Waals surface area (Å²) in [5, 5.41) is 0.280. The van der Waals surface area contributed by atoms with Crippen LogP contribution in [-0.4, -0.2) is 4.98 Å². The predicted molar refractivity (Wildman–Crippen MR) is 131 cm³/mol. The highest BCUT2D eigenvalue weighted by Crippen LogP contribution is 2.36. The maximum absolute atomic E-state index is 14.5. The lowest BCUT2D eigenvalue weighted by Gasteiger charge is -2.19. The molecule has 0 saturated heterocycles. The van der Waals surface area contributed by atoms with Crippen LogP contribution < -0.4 is 4.74 Å². The summed E-state index contributed by atoms with van der Waals surface area (Å²) < 4.78 is 116. The second-order valence-corrected chi connectivity index (χ2v) is 9.22. The first-order valence-electron chi connectivity index (χ1n) is 11.0. The number of allylic oxidation sites excluding steroid dienone is 4. The van der Waals surface area contributed by atoms with Crippen molar-refractivity contribution >= 4 is 27.1 Å². The molecule has 11 heteroatoms. The van der Waals surface area contributed by atoms with E-state index in [-0.39, 0.29) is 28.5 Å². The summed E-state index contributed by atoms with van der Waals surface area (Å²) in [6.45, 7) is 3.13. The topological polar surface area (TPSA) is 22.1 Å². The van der Waals surface area contributed by atoms with Gasteiger partial charge in [0.15, 0.2) is 22.5 Å². The maximum Gasteiger partial charge on any atom is 0.432 e. The minimum absolute atomic E-state index is 0.114. The Morgan fingerprint density at radius 1 is 0.872 bits per heavy atom. The van der Waals surface area contributed by atoms with Crippen LogP contribution in [0.5, 0.6) is 5.75 Å². The molecule has 0 spiro atoms. The molecule has 0 amide bonds. The van der Waals surface area contributed by atoms with Crippen LogP contribution in [0.4, 0.5) is 35.1 Å². The van der Waals surface area contributed by atoms with Gasteiger partial charge < -0.3 is 4.74 Å². The van der Waals surface area contributed by atoms with Crippen molar-refractivity contribution in [2.75, 3.05) is 0 Å². The van der Waals surface area contributed by atoms with E-state index in [0.29, 0.717) is 17.6 Å². The van der Waals surface area contributed by atoms with Crippen molar-refractivity contribution < 1.29 is 39.9 Å². The second-order valence-electron chi connectivity index (χ2n) is 8.19. The molecule has 0 radical (unpaired) electrons. The van der Waals surface area contributed by atoms with Crippen molar-refractivity contribution in [2.24, 2.45) is 0 Å². The first-order chi connectivity index (χ1) is 18.3. The zero-order valence-electron chi connectivity index (χ0n) is 20.0. The average Bonchev–Trinajstić information content (AvgIpc) is 3.26. The summed E-state index contributed by atoms with van der Waals surface area (Å²) in [6, 6.07) is 6.63. The molecule has 4 rings (SSSR count). The van der Waals surface area contributed by atoms with E-state index in [9.17, 15) is 35.1 Å². The van der Waals surface area contributed by atoms with Gasteiger partial charge in [0.1, 0.15) is 22.9 Å². The number of rotatable bonds is 5. The molecule has 1 aromatic heterocycles. The van der Waals surface area contributed by atoms with Crippen LogP contribution >= 0.6 is 11.3 Å². The van der Waals surface area contributed by atoms with E-state index in [2.05, 4.69) is 21.6 Å². The lowest BCUT2D eigenvalue weighted by molar-refractivity contribution is -0.189. The molecule has 3 aromatic carbocycles. The van der Waals surface area contributed by atoms with Crippen molar-refractivity contribution in [2.45, 2.75) is 20.0 Å². The highest BCUT2D eigenvalue weighted by molar-refractivity contribution is 7.19. The van der Waals surface area contributed by atoms with Gasteiger partial charge in [-0.3, -0.25) is 0 Å². The van der Waals surface area contributed by atoms with Crippen LogP contribution in [0.1, 0.15) is 35.5 Å². The number of nitrogens with zero attached hydrogens (tertiary/aromatic N) is 1. The van der Waals surface area contributed by atoms with E-state index >= 15 is 0 Å². The van der Waals surface area contributed by atoms with Gasteiger partial charge in [0.2, 0.25) is 0 Å². The summed E-state index contributed by atoms with van der Waals surface area (Å²) in [5.74, 6) is -5.50. The molecule has 39 heavy (non-hydrogen) atoms. The number of halogens is 8. The van der Waals surface area contributed by atoms with Crippen LogP contribution in [0, 0.1) is 40.9 Å². The molecule has 0 N–H and O–H groups in total. The standard InChI is InChI=1S/C28H15F8NOS/c1-14(3-4-15(2)29)17-6-7-23-24(11-17)39-25(37-23)8-5-16-9-19(30)26(20(31)10-16)28(35,36)38-18-12-21(32)27(34)22(33)13-18/h3-4,6-7,9-13H,1-2H3/b14-3+,15-4-. The molecular formula is C28H15F8NOS. The molecule has 0 unspecified atom stereocenters. The highest BCUT2D eigenvalue weighted by Gasteiger charge is 2.41. The Balaban J connectivity index is 1.60. The third-order valence-corrected chi connectivity index (χ3v) is 6.19. The van der Waals surface area contributed by atoms with E-state index in [4.69, 9.17) is 0 Å². The Morgan fingerprint density at radius 3 is 2.13 bits per heavy atom. The zero-order chi connectivity index (χ0) is 28.5. The first-order valence-corrected chi connectivity index (χ1v) is 11.8. The predicted octanol–water partition coefficient (Wildman–Crippen LogP) is 8.80. The Labute approximate surface area is 220 Å². The minimum atomic E-state index is -4.70. The molecule has 0 fully saturated rings. The van der Waals surface area contributed by atoms with Crippen molar-refractivity contribution in [1.29, 1.82) is 0 Å². The third-order valence-electron chi connectivity index (χ3n) is 5.26. The van der Waals surface area contributed by atoms with Gasteiger partial charge in [-0.2, -0.15) is 8.78 Å². The van der Waals surface area contributed by atoms with E-state index in [1.54, 1.807) is 25.1 Å². The van der Waals surface area contributed by atoms with Gasteiger partial charge in [-0.15, -0.1) is 11.3 Å². The van der Waals surface area contributed by atoms with Crippen molar-refractivity contribution in [1.82, 2.24) is 4.98 Å². The fraction of sp³-hybridized carbons (Fsp3) is 0.107.